The number of anilines is 1. The van der Waals surface area contributed by atoms with Crippen molar-refractivity contribution in [2.45, 2.75) is 31.6 Å². The Balaban J connectivity index is 1.69. The number of halogens is 1. The molecule has 2 aliphatic rings. The average molecular weight is 459 g/mol. The summed E-state index contributed by atoms with van der Waals surface area (Å²) in [6, 6.07) is 12.2. The molecule has 30 heavy (non-hydrogen) atoms. The van der Waals surface area contributed by atoms with E-state index in [2.05, 4.69) is 44.1 Å². The van der Waals surface area contributed by atoms with E-state index < -0.39 is 0 Å². The molecule has 0 spiro atoms. The Labute approximate surface area is 182 Å². The van der Waals surface area contributed by atoms with E-state index in [9.17, 15) is 0 Å². The third-order valence-corrected chi connectivity index (χ3v) is 6.84. The Kier molecular flexibility index (Phi) is 4.03. The van der Waals surface area contributed by atoms with E-state index in [-0.39, 0.29) is 5.92 Å². The van der Waals surface area contributed by atoms with Crippen LogP contribution in [0.4, 0.5) is 5.69 Å². The summed E-state index contributed by atoms with van der Waals surface area (Å²) < 4.78 is 7.24. The van der Waals surface area contributed by atoms with Crippen LogP contribution in [-0.2, 0) is 12.8 Å². The number of nitrogen functional groups attached to an aromatic ring is 1. The van der Waals surface area contributed by atoms with E-state index in [1.165, 1.54) is 5.56 Å². The number of aromatic nitrogens is 3. The highest BCUT2D eigenvalue weighted by atomic mass is 79.9. The first kappa shape index (κ1) is 17.8. The van der Waals surface area contributed by atoms with Crippen molar-refractivity contribution in [3.63, 3.8) is 0 Å². The quantitative estimate of drug-likeness (QED) is 0.334. The predicted molar refractivity (Wildman–Crippen MR) is 120 cm³/mol. The van der Waals surface area contributed by atoms with E-state index in [0.717, 1.165) is 75.0 Å². The molecule has 148 valence electrons. The number of ether oxygens (including phenoxy) is 1. The smallest absolute Gasteiger partial charge is 0.225 e. The summed E-state index contributed by atoms with van der Waals surface area (Å²) in [5, 5.41) is 1.04. The molecule has 1 unspecified atom stereocenters. The first-order chi connectivity index (χ1) is 14.7. The molecule has 0 radical (unpaired) electrons. The van der Waals surface area contributed by atoms with Crippen molar-refractivity contribution in [1.29, 1.82) is 0 Å². The summed E-state index contributed by atoms with van der Waals surface area (Å²) in [7, 11) is 0. The van der Waals surface area contributed by atoms with Gasteiger partial charge in [0.05, 0.1) is 5.56 Å². The van der Waals surface area contributed by atoms with Crippen LogP contribution in [0.25, 0.3) is 10.9 Å². The van der Waals surface area contributed by atoms with Gasteiger partial charge in [0.25, 0.3) is 0 Å². The van der Waals surface area contributed by atoms with Crippen LogP contribution in [0.5, 0.6) is 11.6 Å². The predicted octanol–water partition coefficient (Wildman–Crippen LogP) is 5.53. The molecule has 4 aromatic rings. The van der Waals surface area contributed by atoms with Gasteiger partial charge in [-0.3, -0.25) is 4.98 Å². The normalized spacial score (nSPS) is 17.0. The Morgan fingerprint density at radius 2 is 1.80 bits per heavy atom. The Morgan fingerprint density at radius 1 is 0.967 bits per heavy atom. The highest BCUT2D eigenvalue weighted by Crippen LogP contribution is 2.52. The molecule has 5 nitrogen and oxygen atoms in total. The maximum Gasteiger partial charge on any atom is 0.225 e. The van der Waals surface area contributed by atoms with Gasteiger partial charge in [0.15, 0.2) is 5.75 Å². The highest BCUT2D eigenvalue weighted by molar-refractivity contribution is 9.10. The van der Waals surface area contributed by atoms with Crippen LogP contribution >= 0.6 is 15.9 Å². The molecule has 1 aromatic carbocycles. The standard InChI is InChI=1S/C24H19BrN4O/c25-23-16(7-4-12-28-23)18-15-10-9-13-5-3-11-27-21(13)22(15)30-24-19(18)20(26)14-6-1-2-8-17(14)29-24/h3-5,7,9-12,18H,1-2,6,8H2,(H2,26,29). The lowest BCUT2D eigenvalue weighted by atomic mass is 9.80. The van der Waals surface area contributed by atoms with Crippen LogP contribution < -0.4 is 10.5 Å². The van der Waals surface area contributed by atoms with Crippen LogP contribution in [0.1, 0.15) is 46.7 Å². The van der Waals surface area contributed by atoms with E-state index in [4.69, 9.17) is 15.5 Å². The van der Waals surface area contributed by atoms with Gasteiger partial charge < -0.3 is 10.5 Å². The largest absolute Gasteiger partial charge is 0.436 e. The SMILES string of the molecule is Nc1c2c(nc3c1C(c1cccnc1Br)c1ccc4cccnc4c1O3)CCCC2. The molecule has 0 amide bonds. The second kappa shape index (κ2) is 6.77. The fourth-order valence-corrected chi connectivity index (χ4v) is 5.26. The van der Waals surface area contributed by atoms with Crippen LogP contribution in [0.3, 0.4) is 0 Å². The average Bonchev–Trinajstić information content (AvgIpc) is 2.78. The van der Waals surface area contributed by atoms with Gasteiger partial charge in [-0.15, -0.1) is 0 Å². The Morgan fingerprint density at radius 3 is 2.70 bits per heavy atom. The first-order valence-corrected chi connectivity index (χ1v) is 11.0. The molecular weight excluding hydrogens is 440 g/mol. The molecule has 1 aliphatic carbocycles. The number of hydrogen-bond acceptors (Lipinski definition) is 5. The van der Waals surface area contributed by atoms with Crippen LogP contribution in [0.2, 0.25) is 0 Å². The number of pyridine rings is 3. The molecule has 2 N–H and O–H groups in total. The van der Waals surface area contributed by atoms with Gasteiger partial charge in [0.1, 0.15) is 10.1 Å². The fourth-order valence-electron chi connectivity index (χ4n) is 4.78. The number of nitrogens with two attached hydrogens (primary N) is 1. The molecule has 1 aliphatic heterocycles. The molecule has 6 heteroatoms. The number of rotatable bonds is 1. The molecule has 0 bridgehead atoms. The van der Waals surface area contributed by atoms with Crippen molar-refractivity contribution in [2.24, 2.45) is 0 Å². The van der Waals surface area contributed by atoms with Gasteiger partial charge in [0.2, 0.25) is 5.88 Å². The maximum absolute atomic E-state index is 6.80. The van der Waals surface area contributed by atoms with Crippen LogP contribution in [-0.4, -0.2) is 15.0 Å². The molecule has 1 atom stereocenters. The lowest BCUT2D eigenvalue weighted by molar-refractivity contribution is 0.434. The number of fused-ring (bicyclic) bond motifs is 5. The van der Waals surface area contributed by atoms with Crippen LogP contribution in [0, 0.1) is 0 Å². The molecule has 4 heterocycles. The maximum atomic E-state index is 6.80. The van der Waals surface area contributed by atoms with Crippen molar-refractivity contribution in [3.05, 3.63) is 81.3 Å². The Bertz CT molecular complexity index is 1320. The molecule has 6 rings (SSSR count). The van der Waals surface area contributed by atoms with E-state index in [1.54, 1.807) is 12.4 Å². The summed E-state index contributed by atoms with van der Waals surface area (Å²) in [4.78, 5) is 14.1. The van der Waals surface area contributed by atoms with Gasteiger partial charge in [-0.05, 0) is 64.9 Å². The molecule has 3 aromatic heterocycles. The topological polar surface area (TPSA) is 73.9 Å². The zero-order chi connectivity index (χ0) is 20.2. The van der Waals surface area contributed by atoms with E-state index in [0.29, 0.717) is 5.88 Å². The van der Waals surface area contributed by atoms with E-state index in [1.807, 2.05) is 18.2 Å². The van der Waals surface area contributed by atoms with Crippen molar-refractivity contribution in [1.82, 2.24) is 15.0 Å². The van der Waals surface area contributed by atoms with Crippen molar-refractivity contribution < 1.29 is 4.74 Å². The van der Waals surface area contributed by atoms with Crippen molar-refractivity contribution in [2.75, 3.05) is 5.73 Å². The van der Waals surface area contributed by atoms with Gasteiger partial charge >= 0.3 is 0 Å². The minimum absolute atomic E-state index is 0.127. The first-order valence-electron chi connectivity index (χ1n) is 10.2. The van der Waals surface area contributed by atoms with Gasteiger partial charge in [-0.1, -0.05) is 24.3 Å². The number of aryl methyl sites for hydroxylation is 1. The third kappa shape index (κ3) is 2.56. The van der Waals surface area contributed by atoms with Crippen molar-refractivity contribution >= 4 is 32.5 Å². The summed E-state index contributed by atoms with van der Waals surface area (Å²) in [5.41, 5.74) is 13.7. The molecule has 0 saturated heterocycles. The number of benzene rings is 1. The minimum Gasteiger partial charge on any atom is -0.436 e. The van der Waals surface area contributed by atoms with Gasteiger partial charge in [-0.2, -0.15) is 0 Å². The minimum atomic E-state index is -0.127. The summed E-state index contributed by atoms with van der Waals surface area (Å²) in [5.74, 6) is 1.22. The summed E-state index contributed by atoms with van der Waals surface area (Å²) >= 11 is 3.66. The second-order valence-corrected chi connectivity index (χ2v) is 8.61. The van der Waals surface area contributed by atoms with Gasteiger partial charge in [0, 0.05) is 40.6 Å². The number of hydrogen-bond donors (Lipinski definition) is 1. The zero-order valence-electron chi connectivity index (χ0n) is 16.2. The molecule has 0 fully saturated rings. The lowest BCUT2D eigenvalue weighted by Crippen LogP contribution is -2.20. The van der Waals surface area contributed by atoms with Gasteiger partial charge in [-0.25, -0.2) is 9.97 Å². The second-order valence-electron chi connectivity index (χ2n) is 7.85. The fraction of sp³-hybridized carbons (Fsp3) is 0.208. The lowest BCUT2D eigenvalue weighted by Gasteiger charge is -2.32. The molecule has 0 saturated carbocycles. The van der Waals surface area contributed by atoms with E-state index >= 15 is 0 Å². The zero-order valence-corrected chi connectivity index (χ0v) is 17.8. The summed E-state index contributed by atoms with van der Waals surface area (Å²) in [6.07, 6.45) is 7.77. The summed E-state index contributed by atoms with van der Waals surface area (Å²) in [6.45, 7) is 0. The van der Waals surface area contributed by atoms with Crippen molar-refractivity contribution in [3.8, 4) is 11.6 Å². The van der Waals surface area contributed by atoms with Crippen LogP contribution in [0.15, 0.2) is 53.4 Å². The monoisotopic (exact) mass is 458 g/mol. The molecular formula is C24H19BrN4O. The number of nitrogens with zero attached hydrogens (tertiary/aromatic N) is 3. The highest BCUT2D eigenvalue weighted by Gasteiger charge is 2.36. The third-order valence-electron chi connectivity index (χ3n) is 6.18. The Hall–Kier alpha value is -2.99.